The van der Waals surface area contributed by atoms with E-state index in [4.69, 9.17) is 5.11 Å². The lowest BCUT2D eigenvalue weighted by atomic mass is 10.2. The van der Waals surface area contributed by atoms with Crippen molar-refractivity contribution in [2.24, 2.45) is 0 Å². The SMILES string of the molecule is CN[C@@H](C(=O)O)c1ccc(Br)s1. The third-order valence-corrected chi connectivity index (χ3v) is 3.10. The number of likely N-dealkylation sites (N-methyl/N-ethyl adjacent to an activating group) is 1. The van der Waals surface area contributed by atoms with Crippen LogP contribution < -0.4 is 5.32 Å². The van der Waals surface area contributed by atoms with Gasteiger partial charge in [0.25, 0.3) is 0 Å². The molecule has 0 fully saturated rings. The first-order chi connectivity index (χ1) is 5.65. The Hall–Kier alpha value is -0.390. The van der Waals surface area contributed by atoms with Crippen molar-refractivity contribution in [2.75, 3.05) is 7.05 Å². The fraction of sp³-hybridized carbons (Fsp3) is 0.286. The number of aliphatic carboxylic acids is 1. The van der Waals surface area contributed by atoms with Crippen molar-refractivity contribution in [1.29, 1.82) is 0 Å². The fourth-order valence-corrected chi connectivity index (χ4v) is 2.40. The van der Waals surface area contributed by atoms with Gasteiger partial charge in [0.2, 0.25) is 0 Å². The molecular formula is C7H8BrNO2S. The van der Waals surface area contributed by atoms with Gasteiger partial charge in [-0.1, -0.05) is 0 Å². The summed E-state index contributed by atoms with van der Waals surface area (Å²) in [6.45, 7) is 0. The van der Waals surface area contributed by atoms with Gasteiger partial charge in [0.05, 0.1) is 3.79 Å². The topological polar surface area (TPSA) is 49.3 Å². The first-order valence-corrected chi connectivity index (χ1v) is 4.91. The molecule has 0 saturated heterocycles. The molecular weight excluding hydrogens is 242 g/mol. The lowest BCUT2D eigenvalue weighted by Crippen LogP contribution is -2.23. The zero-order valence-corrected chi connectivity index (χ0v) is 8.78. The summed E-state index contributed by atoms with van der Waals surface area (Å²) in [5.74, 6) is -0.855. The van der Waals surface area contributed by atoms with Crippen LogP contribution in [-0.4, -0.2) is 18.1 Å². The molecule has 5 heteroatoms. The average molecular weight is 250 g/mol. The Morgan fingerprint density at radius 2 is 2.42 bits per heavy atom. The van der Waals surface area contributed by atoms with Crippen molar-refractivity contribution < 1.29 is 9.90 Å². The largest absolute Gasteiger partial charge is 0.480 e. The Balaban J connectivity index is 2.87. The van der Waals surface area contributed by atoms with E-state index in [0.29, 0.717) is 0 Å². The molecule has 0 saturated carbocycles. The number of halogens is 1. The average Bonchev–Trinajstić information content (AvgIpc) is 2.37. The highest BCUT2D eigenvalue weighted by Gasteiger charge is 2.18. The van der Waals surface area contributed by atoms with Crippen LogP contribution in [-0.2, 0) is 4.79 Å². The van der Waals surface area contributed by atoms with Gasteiger partial charge >= 0.3 is 5.97 Å². The van der Waals surface area contributed by atoms with E-state index in [-0.39, 0.29) is 0 Å². The van der Waals surface area contributed by atoms with Crippen LogP contribution in [0.25, 0.3) is 0 Å². The van der Waals surface area contributed by atoms with E-state index in [1.165, 1.54) is 11.3 Å². The van der Waals surface area contributed by atoms with Crippen molar-refractivity contribution in [1.82, 2.24) is 5.32 Å². The summed E-state index contributed by atoms with van der Waals surface area (Å²) in [6.07, 6.45) is 0. The maximum absolute atomic E-state index is 10.7. The molecule has 1 atom stereocenters. The maximum atomic E-state index is 10.7. The normalized spacial score (nSPS) is 12.8. The van der Waals surface area contributed by atoms with Crippen LogP contribution in [0.3, 0.4) is 0 Å². The molecule has 66 valence electrons. The molecule has 0 unspecified atom stereocenters. The molecule has 0 spiro atoms. The second-order valence-corrected chi connectivity index (χ2v) is 4.70. The second-order valence-electron chi connectivity index (χ2n) is 2.20. The summed E-state index contributed by atoms with van der Waals surface area (Å²) in [5, 5.41) is 11.5. The van der Waals surface area contributed by atoms with Gasteiger partial charge in [-0.3, -0.25) is 4.79 Å². The number of carbonyl (C=O) groups is 1. The van der Waals surface area contributed by atoms with Crippen molar-refractivity contribution in [3.05, 3.63) is 20.8 Å². The quantitative estimate of drug-likeness (QED) is 0.860. The number of thiophene rings is 1. The first-order valence-electron chi connectivity index (χ1n) is 3.30. The molecule has 1 heterocycles. The van der Waals surface area contributed by atoms with Crippen LogP contribution >= 0.6 is 27.3 Å². The second kappa shape index (κ2) is 4.02. The molecule has 0 aliphatic carbocycles. The predicted octanol–water partition coefficient (Wildman–Crippen LogP) is 1.86. The van der Waals surface area contributed by atoms with E-state index in [1.54, 1.807) is 13.1 Å². The van der Waals surface area contributed by atoms with E-state index < -0.39 is 12.0 Å². The predicted molar refractivity (Wildman–Crippen MR) is 51.5 cm³/mol. The third-order valence-electron chi connectivity index (χ3n) is 1.41. The molecule has 1 aromatic heterocycles. The smallest absolute Gasteiger partial charge is 0.326 e. The number of hydrogen-bond acceptors (Lipinski definition) is 3. The van der Waals surface area contributed by atoms with Gasteiger partial charge in [-0.05, 0) is 35.1 Å². The van der Waals surface area contributed by atoms with Crippen LogP contribution in [0.15, 0.2) is 15.9 Å². The standard InChI is InChI=1S/C7H8BrNO2S/c1-9-6(7(10)11)4-2-3-5(8)12-4/h2-3,6,9H,1H3,(H,10,11)/t6-/m1/s1. The molecule has 0 aromatic carbocycles. The van der Waals surface area contributed by atoms with Crippen molar-refractivity contribution in [2.45, 2.75) is 6.04 Å². The van der Waals surface area contributed by atoms with E-state index in [1.807, 2.05) is 6.07 Å². The van der Waals surface area contributed by atoms with Crippen LogP contribution in [0, 0.1) is 0 Å². The fourth-order valence-electron chi connectivity index (χ4n) is 0.871. The van der Waals surface area contributed by atoms with Crippen LogP contribution in [0.1, 0.15) is 10.9 Å². The molecule has 0 aliphatic rings. The van der Waals surface area contributed by atoms with E-state index in [9.17, 15) is 4.79 Å². The van der Waals surface area contributed by atoms with Gasteiger partial charge in [-0.25, -0.2) is 0 Å². The van der Waals surface area contributed by atoms with Gasteiger partial charge < -0.3 is 10.4 Å². The molecule has 1 aromatic rings. The third kappa shape index (κ3) is 2.06. The lowest BCUT2D eigenvalue weighted by molar-refractivity contribution is -0.139. The zero-order valence-electron chi connectivity index (χ0n) is 6.37. The van der Waals surface area contributed by atoms with Crippen LogP contribution in [0.2, 0.25) is 0 Å². The number of rotatable bonds is 3. The van der Waals surface area contributed by atoms with Crippen LogP contribution in [0.4, 0.5) is 0 Å². The van der Waals surface area contributed by atoms with E-state index in [2.05, 4.69) is 21.2 Å². The Bertz CT molecular complexity index is 287. The van der Waals surface area contributed by atoms with Gasteiger partial charge in [-0.2, -0.15) is 0 Å². The van der Waals surface area contributed by atoms with Gasteiger partial charge in [0, 0.05) is 4.88 Å². The highest BCUT2D eigenvalue weighted by atomic mass is 79.9. The first kappa shape index (κ1) is 9.70. The molecule has 1 rings (SSSR count). The Morgan fingerprint density at radius 1 is 1.75 bits per heavy atom. The molecule has 2 N–H and O–H groups in total. The molecule has 0 bridgehead atoms. The molecule has 3 nitrogen and oxygen atoms in total. The summed E-state index contributed by atoms with van der Waals surface area (Å²) < 4.78 is 0.944. The van der Waals surface area contributed by atoms with Gasteiger partial charge in [0.15, 0.2) is 0 Å². The van der Waals surface area contributed by atoms with E-state index in [0.717, 1.165) is 8.66 Å². The zero-order chi connectivity index (χ0) is 9.14. The maximum Gasteiger partial charge on any atom is 0.326 e. The highest BCUT2D eigenvalue weighted by molar-refractivity contribution is 9.11. The minimum Gasteiger partial charge on any atom is -0.480 e. The van der Waals surface area contributed by atoms with Crippen molar-refractivity contribution in [3.63, 3.8) is 0 Å². The molecule has 0 aliphatic heterocycles. The number of carboxylic acids is 1. The van der Waals surface area contributed by atoms with Crippen molar-refractivity contribution in [3.8, 4) is 0 Å². The van der Waals surface area contributed by atoms with E-state index >= 15 is 0 Å². The van der Waals surface area contributed by atoms with Gasteiger partial charge in [0.1, 0.15) is 6.04 Å². The Labute approximate surface area is 82.5 Å². The summed E-state index contributed by atoms with van der Waals surface area (Å²) in [7, 11) is 1.63. The Kier molecular flexibility index (Phi) is 3.25. The van der Waals surface area contributed by atoms with Gasteiger partial charge in [-0.15, -0.1) is 11.3 Å². The monoisotopic (exact) mass is 249 g/mol. The minimum atomic E-state index is -0.855. The Morgan fingerprint density at radius 3 is 2.75 bits per heavy atom. The lowest BCUT2D eigenvalue weighted by Gasteiger charge is -2.07. The summed E-state index contributed by atoms with van der Waals surface area (Å²) in [4.78, 5) is 11.5. The number of hydrogen-bond donors (Lipinski definition) is 2. The summed E-state index contributed by atoms with van der Waals surface area (Å²) in [6, 6.07) is 3.04. The molecule has 0 amide bonds. The number of carboxylic acid groups (broad SMARTS) is 1. The van der Waals surface area contributed by atoms with Crippen molar-refractivity contribution >= 4 is 33.2 Å². The summed E-state index contributed by atoms with van der Waals surface area (Å²) >= 11 is 4.70. The summed E-state index contributed by atoms with van der Waals surface area (Å²) in [5.41, 5.74) is 0. The van der Waals surface area contributed by atoms with Crippen LogP contribution in [0.5, 0.6) is 0 Å². The molecule has 12 heavy (non-hydrogen) atoms. The highest BCUT2D eigenvalue weighted by Crippen LogP contribution is 2.27. The molecule has 0 radical (unpaired) electrons. The number of nitrogens with one attached hydrogen (secondary N) is 1. The minimum absolute atomic E-state index is 0.596.